The van der Waals surface area contributed by atoms with Crippen LogP contribution >= 0.6 is 0 Å². The number of nitrogens with one attached hydrogen (secondary N) is 1. The number of hydrogen-bond acceptors (Lipinski definition) is 4. The van der Waals surface area contributed by atoms with Crippen molar-refractivity contribution >= 4 is 23.4 Å². The Morgan fingerprint density at radius 1 is 0.893 bits per heavy atom. The molecule has 6 heteroatoms. The van der Waals surface area contributed by atoms with Crippen LogP contribution in [0.15, 0.2) is 78.9 Å². The van der Waals surface area contributed by atoms with Crippen LogP contribution in [0.3, 0.4) is 0 Å². The molecule has 1 fully saturated rings. The van der Waals surface area contributed by atoms with Gasteiger partial charge in [-0.25, -0.2) is 4.79 Å². The maximum Gasteiger partial charge on any atom is 0.414 e. The van der Waals surface area contributed by atoms with Crippen LogP contribution in [-0.2, 0) is 4.74 Å². The summed E-state index contributed by atoms with van der Waals surface area (Å²) in [5.74, 6) is 1.21. The quantitative estimate of drug-likeness (QED) is 0.704. The summed E-state index contributed by atoms with van der Waals surface area (Å²) in [6, 6.07) is 23.5. The highest BCUT2D eigenvalue weighted by molar-refractivity contribution is 6.04. The zero-order valence-corrected chi connectivity index (χ0v) is 15.0. The normalized spacial score (nSPS) is 13.1. The maximum absolute atomic E-state index is 12.4. The van der Waals surface area contributed by atoms with Gasteiger partial charge in [-0.05, 0) is 60.7 Å². The Kier molecular flexibility index (Phi) is 4.93. The molecule has 0 aliphatic carbocycles. The smallest absolute Gasteiger partial charge is 0.414 e. The van der Waals surface area contributed by atoms with Crippen molar-refractivity contribution in [1.29, 1.82) is 0 Å². The lowest BCUT2D eigenvalue weighted by Crippen LogP contribution is -2.23. The molecule has 2 amide bonds. The van der Waals surface area contributed by atoms with Crippen LogP contribution in [-0.4, -0.2) is 25.2 Å². The molecular weight excluding hydrogens is 356 g/mol. The van der Waals surface area contributed by atoms with Crippen molar-refractivity contribution in [2.45, 2.75) is 0 Å². The highest BCUT2D eigenvalue weighted by Crippen LogP contribution is 2.23. The first-order valence-corrected chi connectivity index (χ1v) is 8.88. The molecule has 0 spiro atoms. The lowest BCUT2D eigenvalue weighted by molar-refractivity contribution is 0.102. The topological polar surface area (TPSA) is 67.9 Å². The molecule has 0 atom stereocenters. The highest BCUT2D eigenvalue weighted by atomic mass is 16.6. The Labute approximate surface area is 162 Å². The van der Waals surface area contributed by atoms with Crippen LogP contribution in [0.5, 0.6) is 11.5 Å². The van der Waals surface area contributed by atoms with E-state index in [1.54, 1.807) is 48.5 Å². The van der Waals surface area contributed by atoms with Crippen molar-refractivity contribution in [3.8, 4) is 11.5 Å². The summed E-state index contributed by atoms with van der Waals surface area (Å²) in [6.07, 6.45) is -0.366. The third-order valence-electron chi connectivity index (χ3n) is 4.29. The first-order chi connectivity index (χ1) is 13.7. The van der Waals surface area contributed by atoms with Gasteiger partial charge in [-0.15, -0.1) is 0 Å². The molecule has 0 radical (unpaired) electrons. The number of ether oxygens (including phenoxy) is 2. The van der Waals surface area contributed by atoms with Gasteiger partial charge < -0.3 is 14.8 Å². The third-order valence-corrected chi connectivity index (χ3v) is 4.29. The first kappa shape index (κ1) is 17.6. The molecule has 0 saturated carbocycles. The van der Waals surface area contributed by atoms with Gasteiger partial charge in [-0.1, -0.05) is 18.2 Å². The van der Waals surface area contributed by atoms with Crippen LogP contribution in [0.2, 0.25) is 0 Å². The van der Waals surface area contributed by atoms with Gasteiger partial charge in [0.25, 0.3) is 5.91 Å². The van der Waals surface area contributed by atoms with Gasteiger partial charge in [0.05, 0.1) is 6.54 Å². The predicted molar refractivity (Wildman–Crippen MR) is 106 cm³/mol. The summed E-state index contributed by atoms with van der Waals surface area (Å²) in [7, 11) is 0. The molecule has 1 aliphatic rings. The van der Waals surface area contributed by atoms with Gasteiger partial charge in [0.15, 0.2) is 0 Å². The highest BCUT2D eigenvalue weighted by Gasteiger charge is 2.23. The van der Waals surface area contributed by atoms with Gasteiger partial charge >= 0.3 is 6.09 Å². The summed E-state index contributed by atoms with van der Waals surface area (Å²) in [5, 5.41) is 2.85. The molecule has 140 valence electrons. The van der Waals surface area contributed by atoms with Gasteiger partial charge in [-0.3, -0.25) is 9.69 Å². The molecule has 0 aromatic heterocycles. The van der Waals surface area contributed by atoms with Crippen molar-refractivity contribution in [2.24, 2.45) is 0 Å². The van der Waals surface area contributed by atoms with Crippen LogP contribution in [0.1, 0.15) is 10.4 Å². The molecule has 3 aromatic carbocycles. The van der Waals surface area contributed by atoms with Crippen molar-refractivity contribution in [3.05, 3.63) is 84.4 Å². The van der Waals surface area contributed by atoms with E-state index in [1.807, 2.05) is 30.3 Å². The van der Waals surface area contributed by atoms with Gasteiger partial charge in [-0.2, -0.15) is 0 Å². The second-order valence-electron chi connectivity index (χ2n) is 6.21. The molecule has 1 aliphatic heterocycles. The van der Waals surface area contributed by atoms with Crippen molar-refractivity contribution < 1.29 is 19.1 Å². The Bertz CT molecular complexity index is 970. The van der Waals surface area contributed by atoms with E-state index < -0.39 is 0 Å². The van der Waals surface area contributed by atoms with Gasteiger partial charge in [0, 0.05) is 16.9 Å². The molecule has 6 nitrogen and oxygen atoms in total. The number of amides is 2. The van der Waals surface area contributed by atoms with E-state index >= 15 is 0 Å². The monoisotopic (exact) mass is 374 g/mol. The summed E-state index contributed by atoms with van der Waals surface area (Å²) in [6.45, 7) is 0.896. The summed E-state index contributed by atoms with van der Waals surface area (Å²) in [5.41, 5.74) is 1.87. The summed E-state index contributed by atoms with van der Waals surface area (Å²) in [4.78, 5) is 25.6. The van der Waals surface area contributed by atoms with E-state index in [-0.39, 0.29) is 12.0 Å². The van der Waals surface area contributed by atoms with Crippen LogP contribution in [0.4, 0.5) is 16.2 Å². The van der Waals surface area contributed by atoms with Gasteiger partial charge in [0.2, 0.25) is 0 Å². The van der Waals surface area contributed by atoms with Crippen molar-refractivity contribution in [2.75, 3.05) is 23.4 Å². The standard InChI is InChI=1S/C22H18N2O4/c25-21(16-6-10-18(11-7-16)24-14-15-27-22(24)26)23-17-8-12-20(13-9-17)28-19-4-2-1-3-5-19/h1-13H,14-15H2,(H,23,25). The molecule has 3 aromatic rings. The minimum atomic E-state index is -0.366. The van der Waals surface area contributed by atoms with Crippen LogP contribution in [0, 0.1) is 0 Å². The number of nitrogens with zero attached hydrogens (tertiary/aromatic N) is 1. The number of cyclic esters (lactones) is 1. The Morgan fingerprint density at radius 2 is 1.57 bits per heavy atom. The van der Waals surface area contributed by atoms with E-state index in [1.165, 1.54) is 4.90 Å². The Morgan fingerprint density at radius 3 is 2.21 bits per heavy atom. The van der Waals surface area contributed by atoms with Crippen LogP contribution < -0.4 is 15.0 Å². The van der Waals surface area contributed by atoms with Gasteiger partial charge in [0.1, 0.15) is 18.1 Å². The van der Waals surface area contributed by atoms with E-state index in [2.05, 4.69) is 5.32 Å². The molecular formula is C22H18N2O4. The molecule has 0 bridgehead atoms. The second-order valence-corrected chi connectivity index (χ2v) is 6.21. The fourth-order valence-corrected chi connectivity index (χ4v) is 2.85. The zero-order chi connectivity index (χ0) is 19.3. The number of hydrogen-bond donors (Lipinski definition) is 1. The first-order valence-electron chi connectivity index (χ1n) is 8.88. The minimum Gasteiger partial charge on any atom is -0.457 e. The molecule has 1 heterocycles. The third kappa shape index (κ3) is 3.96. The van der Waals surface area contributed by atoms with Crippen molar-refractivity contribution in [3.63, 3.8) is 0 Å². The molecule has 0 unspecified atom stereocenters. The van der Waals surface area contributed by atoms with E-state index in [4.69, 9.17) is 9.47 Å². The largest absolute Gasteiger partial charge is 0.457 e. The Balaban J connectivity index is 1.38. The van der Waals surface area contributed by atoms with Crippen molar-refractivity contribution in [1.82, 2.24) is 0 Å². The number of benzene rings is 3. The fourth-order valence-electron chi connectivity index (χ4n) is 2.85. The minimum absolute atomic E-state index is 0.229. The zero-order valence-electron chi connectivity index (χ0n) is 15.0. The number of carbonyl (C=O) groups is 2. The lowest BCUT2D eigenvalue weighted by Gasteiger charge is -2.13. The number of rotatable bonds is 5. The molecule has 28 heavy (non-hydrogen) atoms. The number of carbonyl (C=O) groups excluding carboxylic acids is 2. The maximum atomic E-state index is 12.4. The summed E-state index contributed by atoms with van der Waals surface area (Å²) < 4.78 is 10.7. The average Bonchev–Trinajstić information content (AvgIpc) is 3.16. The fraction of sp³-hybridized carbons (Fsp3) is 0.0909. The molecule has 1 saturated heterocycles. The molecule has 4 rings (SSSR count). The second kappa shape index (κ2) is 7.84. The number of para-hydroxylation sites is 1. The Hall–Kier alpha value is -3.80. The van der Waals surface area contributed by atoms with E-state index in [9.17, 15) is 9.59 Å². The SMILES string of the molecule is O=C(Nc1ccc(Oc2ccccc2)cc1)c1ccc(N2CCOC2=O)cc1. The number of anilines is 2. The average molecular weight is 374 g/mol. The molecule has 1 N–H and O–H groups in total. The lowest BCUT2D eigenvalue weighted by atomic mass is 10.1. The summed E-state index contributed by atoms with van der Waals surface area (Å²) >= 11 is 0. The predicted octanol–water partition coefficient (Wildman–Crippen LogP) is 4.69. The van der Waals surface area contributed by atoms with Crippen LogP contribution in [0.25, 0.3) is 0 Å². The van der Waals surface area contributed by atoms with E-state index in [0.29, 0.717) is 35.8 Å². The van der Waals surface area contributed by atoms with E-state index in [0.717, 1.165) is 5.75 Å².